The minimum atomic E-state index is -0.686. The molecule has 1 saturated heterocycles. The van der Waals surface area contributed by atoms with Crippen LogP contribution < -0.4 is 16.8 Å². The third-order valence-electron chi connectivity index (χ3n) is 9.60. The number of anilines is 1. The predicted octanol–water partition coefficient (Wildman–Crippen LogP) is 6.24. The van der Waals surface area contributed by atoms with Crippen LogP contribution >= 0.6 is 11.3 Å². The summed E-state index contributed by atoms with van der Waals surface area (Å²) < 4.78 is 0. The number of carbonyl (C=O) groups is 2. The Labute approximate surface area is 293 Å². The van der Waals surface area contributed by atoms with E-state index in [0.29, 0.717) is 31.8 Å². The molecular weight excluding hydrogens is 629 g/mol. The van der Waals surface area contributed by atoms with Crippen molar-refractivity contribution in [1.29, 1.82) is 0 Å². The summed E-state index contributed by atoms with van der Waals surface area (Å²) in [7, 11) is 0. The van der Waals surface area contributed by atoms with Crippen LogP contribution in [0.15, 0.2) is 96.5 Å². The zero-order valence-corrected chi connectivity index (χ0v) is 29.3. The quantitative estimate of drug-likeness (QED) is 0.127. The molecular formula is C40H48N6O2S. The van der Waals surface area contributed by atoms with Gasteiger partial charge in [-0.2, -0.15) is 0 Å². The van der Waals surface area contributed by atoms with E-state index in [1.165, 1.54) is 0 Å². The Bertz CT molecular complexity index is 1860. The van der Waals surface area contributed by atoms with E-state index in [9.17, 15) is 9.59 Å². The fraction of sp³-hybridized carbons (Fsp3) is 0.375. The van der Waals surface area contributed by atoms with Crippen LogP contribution in [0, 0.1) is 5.92 Å². The van der Waals surface area contributed by atoms with E-state index < -0.39 is 12.1 Å². The number of thiazole rings is 1. The molecule has 5 aromatic rings. The molecule has 0 spiro atoms. The zero-order chi connectivity index (χ0) is 34.3. The summed E-state index contributed by atoms with van der Waals surface area (Å²) in [6.07, 6.45) is 5.00. The van der Waals surface area contributed by atoms with Crippen molar-refractivity contribution in [2.45, 2.75) is 70.1 Å². The van der Waals surface area contributed by atoms with E-state index in [2.05, 4.69) is 84.8 Å². The lowest BCUT2D eigenvalue weighted by Crippen LogP contribution is -2.65. The van der Waals surface area contributed by atoms with E-state index in [1.807, 2.05) is 39.4 Å². The summed E-state index contributed by atoms with van der Waals surface area (Å²) in [5.74, 6) is 0.212. The first-order valence-electron chi connectivity index (χ1n) is 17.5. The van der Waals surface area contributed by atoms with Crippen LogP contribution in [-0.2, 0) is 22.4 Å². The molecule has 1 fully saturated rings. The lowest BCUT2D eigenvalue weighted by atomic mass is 9.93. The number of hydrogen-bond donors (Lipinski definition) is 3. The molecule has 9 heteroatoms. The maximum Gasteiger partial charge on any atom is 0.240 e. The van der Waals surface area contributed by atoms with Gasteiger partial charge in [0.05, 0.1) is 12.1 Å². The molecule has 8 nitrogen and oxygen atoms in total. The number of nitrogens with one attached hydrogen (secondary N) is 1. The number of fused-ring (bicyclic) bond motifs is 2. The highest BCUT2D eigenvalue weighted by Crippen LogP contribution is 2.27. The van der Waals surface area contributed by atoms with Crippen molar-refractivity contribution >= 4 is 49.8 Å². The molecule has 1 aromatic heterocycles. The topological polar surface area (TPSA) is 118 Å². The smallest absolute Gasteiger partial charge is 0.240 e. The summed E-state index contributed by atoms with van der Waals surface area (Å²) in [5, 5.41) is 10.8. The van der Waals surface area contributed by atoms with Crippen molar-refractivity contribution in [2.24, 2.45) is 17.4 Å². The standard InChI is InChI=1S/C40H48N6O2S/c1-27(2)20-35-26-45(38(47)36(41)23-28-13-15-30-8-3-5-10-32(30)21-28)34(12-7-17-43-40-44-18-19-49-40)25-46(35)39(48)37(42)24-29-14-16-31-9-4-6-11-33(31)22-29/h3-6,8-11,13-16,18-19,21-22,27,34-37H,7,12,17,20,23-26,41-42H2,1-2H3,(H,43,44)/t34-,35+,36?,37?/m0/s1. The van der Waals surface area contributed by atoms with Gasteiger partial charge in [-0.3, -0.25) is 9.59 Å². The van der Waals surface area contributed by atoms with Crippen LogP contribution in [-0.4, -0.2) is 70.4 Å². The van der Waals surface area contributed by atoms with Gasteiger partial charge in [-0.25, -0.2) is 4.98 Å². The normalized spacial score (nSPS) is 17.8. The van der Waals surface area contributed by atoms with Gasteiger partial charge >= 0.3 is 0 Å². The largest absolute Gasteiger partial charge is 0.362 e. The Balaban J connectivity index is 1.20. The fourth-order valence-corrected chi connectivity index (χ4v) is 7.72. The SMILES string of the molecule is CC(C)C[C@@H]1CN(C(=O)C(N)Cc2ccc3ccccc3c2)[C@@H](CCCNc2nccs2)CN1C(=O)C(N)Cc1ccc2ccccc2c1. The monoisotopic (exact) mass is 676 g/mol. The third kappa shape index (κ3) is 8.65. The van der Waals surface area contributed by atoms with Crippen molar-refractivity contribution in [2.75, 3.05) is 25.0 Å². The summed E-state index contributed by atoms with van der Waals surface area (Å²) in [6.45, 7) is 5.92. The average Bonchev–Trinajstić information content (AvgIpc) is 3.63. The number of amides is 2. The van der Waals surface area contributed by atoms with Crippen LogP contribution in [0.3, 0.4) is 0 Å². The van der Waals surface area contributed by atoms with Crippen LogP contribution in [0.4, 0.5) is 5.13 Å². The first kappa shape index (κ1) is 34.5. The lowest BCUT2D eigenvalue weighted by Gasteiger charge is -2.48. The second kappa shape index (κ2) is 15.9. The van der Waals surface area contributed by atoms with E-state index >= 15 is 0 Å². The first-order valence-corrected chi connectivity index (χ1v) is 18.3. The van der Waals surface area contributed by atoms with Gasteiger partial charge in [0.15, 0.2) is 5.13 Å². The highest BCUT2D eigenvalue weighted by Gasteiger charge is 2.40. The van der Waals surface area contributed by atoms with Crippen molar-refractivity contribution in [3.8, 4) is 0 Å². The number of nitrogens with zero attached hydrogens (tertiary/aromatic N) is 3. The number of nitrogens with two attached hydrogens (primary N) is 2. The van der Waals surface area contributed by atoms with Gasteiger partial charge in [-0.15, -0.1) is 11.3 Å². The number of carbonyl (C=O) groups excluding carboxylic acids is 2. The molecule has 0 bridgehead atoms. The highest BCUT2D eigenvalue weighted by atomic mass is 32.1. The molecule has 1 aliphatic rings. The number of rotatable bonds is 13. The van der Waals surface area contributed by atoms with Crippen LogP contribution in [0.5, 0.6) is 0 Å². The van der Waals surface area contributed by atoms with Crippen molar-refractivity contribution in [3.63, 3.8) is 0 Å². The molecule has 1 aliphatic heterocycles. The molecule has 5 N–H and O–H groups in total. The minimum absolute atomic E-state index is 0.0581. The van der Waals surface area contributed by atoms with Gasteiger partial charge in [0.25, 0.3) is 0 Å². The van der Waals surface area contributed by atoms with Gasteiger partial charge in [-0.05, 0) is 70.7 Å². The number of aromatic nitrogens is 1. The fourth-order valence-electron chi connectivity index (χ4n) is 7.17. The maximum atomic E-state index is 14.2. The molecule has 0 radical (unpaired) electrons. The molecule has 49 heavy (non-hydrogen) atoms. The summed E-state index contributed by atoms with van der Waals surface area (Å²) in [6, 6.07) is 27.3. The maximum absolute atomic E-state index is 14.2. The number of hydrogen-bond acceptors (Lipinski definition) is 7. The highest BCUT2D eigenvalue weighted by molar-refractivity contribution is 7.13. The van der Waals surface area contributed by atoms with Crippen molar-refractivity contribution in [3.05, 3.63) is 108 Å². The van der Waals surface area contributed by atoms with E-state index in [4.69, 9.17) is 11.5 Å². The Kier molecular flexibility index (Phi) is 11.2. The average molecular weight is 677 g/mol. The Morgan fingerprint density at radius 1 is 0.796 bits per heavy atom. The van der Waals surface area contributed by atoms with Gasteiger partial charge in [0.2, 0.25) is 11.8 Å². The second-order valence-electron chi connectivity index (χ2n) is 13.8. The van der Waals surface area contributed by atoms with Gasteiger partial charge < -0.3 is 26.6 Å². The predicted molar refractivity (Wildman–Crippen MR) is 202 cm³/mol. The molecule has 256 valence electrons. The van der Waals surface area contributed by atoms with E-state index in [1.54, 1.807) is 17.5 Å². The van der Waals surface area contributed by atoms with Crippen molar-refractivity contribution in [1.82, 2.24) is 14.8 Å². The van der Waals surface area contributed by atoms with Crippen LogP contribution in [0.25, 0.3) is 21.5 Å². The Morgan fingerprint density at radius 3 is 1.86 bits per heavy atom. The number of benzene rings is 4. The Morgan fingerprint density at radius 2 is 1.33 bits per heavy atom. The molecule has 2 amide bonds. The zero-order valence-electron chi connectivity index (χ0n) is 28.5. The molecule has 4 aromatic carbocycles. The number of piperazine rings is 1. The van der Waals surface area contributed by atoms with Crippen LogP contribution in [0.1, 0.15) is 44.2 Å². The molecule has 2 heterocycles. The molecule has 0 saturated carbocycles. The Hall–Kier alpha value is -4.31. The summed E-state index contributed by atoms with van der Waals surface area (Å²) >= 11 is 1.56. The van der Waals surface area contributed by atoms with E-state index in [0.717, 1.165) is 63.6 Å². The van der Waals surface area contributed by atoms with Gasteiger partial charge in [-0.1, -0.05) is 98.8 Å². The molecule has 0 aliphatic carbocycles. The molecule has 6 rings (SSSR count). The lowest BCUT2D eigenvalue weighted by molar-refractivity contribution is -0.149. The second-order valence-corrected chi connectivity index (χ2v) is 14.7. The first-order chi connectivity index (χ1) is 23.7. The van der Waals surface area contributed by atoms with Gasteiger partial charge in [0.1, 0.15) is 0 Å². The molecule has 4 atom stereocenters. The van der Waals surface area contributed by atoms with Crippen molar-refractivity contribution < 1.29 is 9.59 Å². The van der Waals surface area contributed by atoms with Crippen LogP contribution in [0.2, 0.25) is 0 Å². The van der Waals surface area contributed by atoms with E-state index in [-0.39, 0.29) is 23.9 Å². The summed E-state index contributed by atoms with van der Waals surface area (Å²) in [4.78, 5) is 36.7. The minimum Gasteiger partial charge on any atom is -0.362 e. The molecule has 2 unspecified atom stereocenters. The summed E-state index contributed by atoms with van der Waals surface area (Å²) in [5.41, 5.74) is 15.5. The third-order valence-corrected chi connectivity index (χ3v) is 10.3. The van der Waals surface area contributed by atoms with Gasteiger partial charge in [0, 0.05) is 43.3 Å².